The minimum absolute atomic E-state index is 0.284. The largest absolute Gasteiger partial charge is 0.439 e. The van der Waals surface area contributed by atoms with E-state index in [1.54, 1.807) is 6.07 Å². The van der Waals surface area contributed by atoms with E-state index in [9.17, 15) is 9.59 Å². The van der Waals surface area contributed by atoms with E-state index in [-0.39, 0.29) is 12.5 Å². The molecule has 2 unspecified atom stereocenters. The van der Waals surface area contributed by atoms with Crippen molar-refractivity contribution in [2.75, 3.05) is 0 Å². The summed E-state index contributed by atoms with van der Waals surface area (Å²) in [5.74, 6) is -0.315. The van der Waals surface area contributed by atoms with Crippen LogP contribution in [0.4, 0.5) is 4.79 Å². The van der Waals surface area contributed by atoms with Gasteiger partial charge in [0.25, 0.3) is 0 Å². The molecule has 2 amide bonds. The van der Waals surface area contributed by atoms with Crippen LogP contribution >= 0.6 is 11.6 Å². The Kier molecular flexibility index (Phi) is 4.48. The number of rotatable bonds is 4. The third kappa shape index (κ3) is 3.46. The molecule has 23 heavy (non-hydrogen) atoms. The Morgan fingerprint density at radius 2 is 1.83 bits per heavy atom. The van der Waals surface area contributed by atoms with Crippen LogP contribution in [0.15, 0.2) is 54.6 Å². The van der Waals surface area contributed by atoms with E-state index in [4.69, 9.17) is 16.3 Å². The number of halogens is 1. The molecule has 1 aliphatic heterocycles. The van der Waals surface area contributed by atoms with Gasteiger partial charge >= 0.3 is 6.09 Å². The monoisotopic (exact) mass is 330 g/mol. The van der Waals surface area contributed by atoms with E-state index < -0.39 is 18.2 Å². The van der Waals surface area contributed by atoms with Crippen molar-refractivity contribution in [3.63, 3.8) is 0 Å². The van der Waals surface area contributed by atoms with Gasteiger partial charge in [-0.1, -0.05) is 60.1 Å². The molecular weight excluding hydrogens is 316 g/mol. The van der Waals surface area contributed by atoms with Crippen molar-refractivity contribution in [3.8, 4) is 0 Å². The van der Waals surface area contributed by atoms with Gasteiger partial charge < -0.3 is 15.4 Å². The minimum Gasteiger partial charge on any atom is -0.439 e. The third-order valence-electron chi connectivity index (χ3n) is 3.63. The van der Waals surface area contributed by atoms with E-state index in [0.717, 1.165) is 11.1 Å². The Hall–Kier alpha value is -2.53. The summed E-state index contributed by atoms with van der Waals surface area (Å²) in [7, 11) is 0. The van der Waals surface area contributed by atoms with Gasteiger partial charge in [-0.25, -0.2) is 4.79 Å². The molecule has 1 aliphatic rings. The van der Waals surface area contributed by atoms with Crippen molar-refractivity contribution < 1.29 is 14.3 Å². The molecule has 2 atom stereocenters. The molecule has 1 saturated heterocycles. The Bertz CT molecular complexity index is 721. The van der Waals surface area contributed by atoms with E-state index in [1.807, 2.05) is 48.5 Å². The van der Waals surface area contributed by atoms with Crippen LogP contribution in [0.5, 0.6) is 0 Å². The lowest BCUT2D eigenvalue weighted by Gasteiger charge is -2.17. The maximum absolute atomic E-state index is 12.4. The zero-order valence-corrected chi connectivity index (χ0v) is 12.9. The van der Waals surface area contributed by atoms with E-state index in [2.05, 4.69) is 10.6 Å². The first-order valence-electron chi connectivity index (χ1n) is 7.18. The summed E-state index contributed by atoms with van der Waals surface area (Å²) in [6.07, 6.45) is -1.24. The molecule has 1 fully saturated rings. The first-order valence-corrected chi connectivity index (χ1v) is 7.56. The number of hydrogen-bond acceptors (Lipinski definition) is 3. The number of cyclic esters (lactones) is 1. The molecule has 2 N–H and O–H groups in total. The van der Waals surface area contributed by atoms with Gasteiger partial charge in [0.15, 0.2) is 12.1 Å². The fraction of sp³-hybridized carbons (Fsp3) is 0.176. The lowest BCUT2D eigenvalue weighted by Crippen LogP contribution is -2.43. The molecule has 2 aromatic rings. The topological polar surface area (TPSA) is 67.4 Å². The first kappa shape index (κ1) is 15.4. The van der Waals surface area contributed by atoms with Crippen molar-refractivity contribution in [2.24, 2.45) is 0 Å². The van der Waals surface area contributed by atoms with Crippen molar-refractivity contribution in [3.05, 3.63) is 70.7 Å². The van der Waals surface area contributed by atoms with Crippen LogP contribution in [0.2, 0.25) is 5.02 Å². The van der Waals surface area contributed by atoms with E-state index in [0.29, 0.717) is 5.02 Å². The molecule has 6 heteroatoms. The number of carbonyl (C=O) groups excluding carboxylic acids is 2. The van der Waals surface area contributed by atoms with Crippen LogP contribution < -0.4 is 10.6 Å². The fourth-order valence-corrected chi connectivity index (χ4v) is 2.66. The number of hydrogen-bond donors (Lipinski definition) is 2. The van der Waals surface area contributed by atoms with Gasteiger partial charge in [0, 0.05) is 11.6 Å². The molecule has 0 radical (unpaired) electrons. The molecule has 3 rings (SSSR count). The van der Waals surface area contributed by atoms with Crippen LogP contribution in [0.1, 0.15) is 17.2 Å². The summed E-state index contributed by atoms with van der Waals surface area (Å²) in [5.41, 5.74) is 1.58. The van der Waals surface area contributed by atoms with Crippen LogP contribution in [-0.2, 0) is 16.1 Å². The molecule has 5 nitrogen and oxygen atoms in total. The number of nitrogens with one attached hydrogen (secondary N) is 2. The Morgan fingerprint density at radius 3 is 2.57 bits per heavy atom. The molecule has 2 aromatic carbocycles. The van der Waals surface area contributed by atoms with Crippen LogP contribution in [0, 0.1) is 0 Å². The highest BCUT2D eigenvalue weighted by Crippen LogP contribution is 2.26. The number of ether oxygens (including phenoxy) is 1. The average molecular weight is 331 g/mol. The maximum Gasteiger partial charge on any atom is 0.408 e. The van der Waals surface area contributed by atoms with Crippen LogP contribution in [0.25, 0.3) is 0 Å². The first-order chi connectivity index (χ1) is 11.1. The van der Waals surface area contributed by atoms with Crippen molar-refractivity contribution in [1.82, 2.24) is 10.6 Å². The lowest BCUT2D eigenvalue weighted by atomic mass is 10.0. The molecule has 0 bridgehead atoms. The summed E-state index contributed by atoms with van der Waals surface area (Å²) in [4.78, 5) is 23.9. The smallest absolute Gasteiger partial charge is 0.408 e. The molecule has 1 heterocycles. The highest BCUT2D eigenvalue weighted by molar-refractivity contribution is 6.31. The molecular formula is C17H15ClN2O3. The number of amides is 2. The molecule has 0 spiro atoms. The summed E-state index contributed by atoms with van der Waals surface area (Å²) >= 11 is 6.07. The second-order valence-electron chi connectivity index (χ2n) is 5.17. The molecule has 0 aromatic heterocycles. The van der Waals surface area contributed by atoms with Crippen molar-refractivity contribution in [2.45, 2.75) is 18.7 Å². The van der Waals surface area contributed by atoms with Gasteiger partial charge in [0.2, 0.25) is 5.91 Å². The number of carbonyl (C=O) groups is 2. The Morgan fingerprint density at radius 1 is 1.13 bits per heavy atom. The van der Waals surface area contributed by atoms with Gasteiger partial charge in [0.05, 0.1) is 0 Å². The Balaban J connectivity index is 1.70. The van der Waals surface area contributed by atoms with Crippen molar-refractivity contribution in [1.29, 1.82) is 0 Å². The Labute approximate surface area is 138 Å². The maximum atomic E-state index is 12.4. The minimum atomic E-state index is -0.771. The average Bonchev–Trinajstić information content (AvgIpc) is 2.97. The van der Waals surface area contributed by atoms with Crippen LogP contribution in [0.3, 0.4) is 0 Å². The standard InChI is InChI=1S/C17H15ClN2O3/c18-13-9-5-4-8-12(13)10-19-16(21)14-15(23-17(22)20-14)11-6-2-1-3-7-11/h1-9,14-15H,10H2,(H,19,21)(H,20,22). The normalized spacial score (nSPS) is 19.8. The van der Waals surface area contributed by atoms with Gasteiger partial charge in [-0.05, 0) is 17.2 Å². The highest BCUT2D eigenvalue weighted by atomic mass is 35.5. The summed E-state index contributed by atoms with van der Waals surface area (Å²) in [6, 6.07) is 15.7. The molecule has 0 aliphatic carbocycles. The quantitative estimate of drug-likeness (QED) is 0.905. The third-order valence-corrected chi connectivity index (χ3v) is 4.00. The zero-order chi connectivity index (χ0) is 16.2. The molecule has 0 saturated carbocycles. The van der Waals surface area contributed by atoms with Gasteiger partial charge in [0.1, 0.15) is 0 Å². The molecule has 118 valence electrons. The SMILES string of the molecule is O=C1NC(C(=O)NCc2ccccc2Cl)C(c2ccccc2)O1. The predicted octanol–water partition coefficient (Wildman–Crippen LogP) is 2.81. The summed E-state index contributed by atoms with van der Waals surface area (Å²) < 4.78 is 5.22. The lowest BCUT2D eigenvalue weighted by molar-refractivity contribution is -0.124. The van der Waals surface area contributed by atoms with E-state index >= 15 is 0 Å². The highest BCUT2D eigenvalue weighted by Gasteiger charge is 2.40. The second-order valence-corrected chi connectivity index (χ2v) is 5.58. The van der Waals surface area contributed by atoms with Crippen LogP contribution in [-0.4, -0.2) is 18.0 Å². The summed E-state index contributed by atoms with van der Waals surface area (Å²) in [6.45, 7) is 0.284. The van der Waals surface area contributed by atoms with Gasteiger partial charge in [-0.2, -0.15) is 0 Å². The predicted molar refractivity (Wildman–Crippen MR) is 85.9 cm³/mol. The fourth-order valence-electron chi connectivity index (χ4n) is 2.46. The zero-order valence-electron chi connectivity index (χ0n) is 12.2. The van der Waals surface area contributed by atoms with Gasteiger partial charge in [-0.3, -0.25) is 4.79 Å². The number of alkyl carbamates (subject to hydrolysis) is 1. The van der Waals surface area contributed by atoms with Crippen molar-refractivity contribution >= 4 is 23.6 Å². The second kappa shape index (κ2) is 6.71. The van der Waals surface area contributed by atoms with E-state index in [1.165, 1.54) is 0 Å². The number of benzene rings is 2. The van der Waals surface area contributed by atoms with Gasteiger partial charge in [-0.15, -0.1) is 0 Å². The summed E-state index contributed by atoms with van der Waals surface area (Å²) in [5, 5.41) is 5.91.